The van der Waals surface area contributed by atoms with E-state index in [1.54, 1.807) is 12.1 Å². The van der Waals surface area contributed by atoms with Crippen molar-refractivity contribution in [3.8, 4) is 0 Å². The molecule has 5 heteroatoms. The summed E-state index contributed by atoms with van der Waals surface area (Å²) in [5, 5.41) is 12.8. The number of nitro benzene ring substituents is 1. The van der Waals surface area contributed by atoms with Gasteiger partial charge in [-0.2, -0.15) is 0 Å². The molecular formula is C19H15NO4. The molecule has 0 spiro atoms. The quantitative estimate of drug-likeness (QED) is 0.404. The smallest absolute Gasteiger partial charge is 0.310 e. The van der Waals surface area contributed by atoms with Crippen molar-refractivity contribution in [2.45, 2.75) is 13.0 Å². The minimum absolute atomic E-state index is 0.00266. The van der Waals surface area contributed by atoms with Gasteiger partial charge < -0.3 is 4.74 Å². The van der Waals surface area contributed by atoms with Crippen molar-refractivity contribution in [2.24, 2.45) is 0 Å². The van der Waals surface area contributed by atoms with Gasteiger partial charge in [-0.25, -0.2) is 0 Å². The van der Waals surface area contributed by atoms with Crippen molar-refractivity contribution in [3.05, 3.63) is 88.0 Å². The predicted octanol–water partition coefficient (Wildman–Crippen LogP) is 4.03. The molecule has 0 bridgehead atoms. The Balaban J connectivity index is 1.64. The Morgan fingerprint density at radius 2 is 1.67 bits per heavy atom. The van der Waals surface area contributed by atoms with Gasteiger partial charge in [-0.05, 0) is 21.9 Å². The third kappa shape index (κ3) is 3.57. The second-order valence-electron chi connectivity index (χ2n) is 5.40. The second-order valence-corrected chi connectivity index (χ2v) is 5.40. The lowest BCUT2D eigenvalue weighted by Crippen LogP contribution is -2.08. The summed E-state index contributed by atoms with van der Waals surface area (Å²) in [5.74, 6) is -0.364. The summed E-state index contributed by atoms with van der Waals surface area (Å²) >= 11 is 0. The van der Waals surface area contributed by atoms with Gasteiger partial charge in [0.05, 0.1) is 11.3 Å². The van der Waals surface area contributed by atoms with Crippen molar-refractivity contribution in [3.63, 3.8) is 0 Å². The fourth-order valence-corrected chi connectivity index (χ4v) is 2.53. The number of hydrogen-bond acceptors (Lipinski definition) is 4. The minimum Gasteiger partial charge on any atom is -0.461 e. The van der Waals surface area contributed by atoms with E-state index in [1.807, 2.05) is 42.5 Å². The maximum atomic E-state index is 12.0. The first kappa shape index (κ1) is 15.7. The average Bonchev–Trinajstić information content (AvgIpc) is 2.60. The Labute approximate surface area is 138 Å². The number of rotatable bonds is 5. The van der Waals surface area contributed by atoms with Crippen LogP contribution in [-0.4, -0.2) is 10.9 Å². The van der Waals surface area contributed by atoms with Crippen LogP contribution in [-0.2, 0) is 22.6 Å². The van der Waals surface area contributed by atoms with Crippen LogP contribution in [0.1, 0.15) is 11.1 Å². The Morgan fingerprint density at radius 1 is 0.958 bits per heavy atom. The van der Waals surface area contributed by atoms with Crippen LogP contribution in [0.2, 0.25) is 0 Å². The average molecular weight is 321 g/mol. The van der Waals surface area contributed by atoms with Crippen molar-refractivity contribution in [2.75, 3.05) is 0 Å². The highest BCUT2D eigenvalue weighted by atomic mass is 16.6. The van der Waals surface area contributed by atoms with E-state index in [9.17, 15) is 14.9 Å². The summed E-state index contributed by atoms with van der Waals surface area (Å²) in [5.41, 5.74) is 1.64. The van der Waals surface area contributed by atoms with E-state index in [1.165, 1.54) is 12.1 Å². The highest BCUT2D eigenvalue weighted by Crippen LogP contribution is 2.19. The summed E-state index contributed by atoms with van der Waals surface area (Å²) in [6.45, 7) is 0.202. The molecule has 0 saturated heterocycles. The van der Waals surface area contributed by atoms with Gasteiger partial charge in [0.25, 0.3) is 5.69 Å². The highest BCUT2D eigenvalue weighted by Gasteiger charge is 2.09. The van der Waals surface area contributed by atoms with Crippen LogP contribution in [0, 0.1) is 10.1 Å². The van der Waals surface area contributed by atoms with Gasteiger partial charge in [0, 0.05) is 12.1 Å². The van der Waals surface area contributed by atoms with E-state index in [4.69, 9.17) is 4.74 Å². The molecule has 24 heavy (non-hydrogen) atoms. The molecule has 0 radical (unpaired) electrons. The lowest BCUT2D eigenvalue weighted by atomic mass is 10.1. The Kier molecular flexibility index (Phi) is 4.52. The van der Waals surface area contributed by atoms with Gasteiger partial charge in [-0.15, -0.1) is 0 Å². The Hall–Kier alpha value is -3.21. The van der Waals surface area contributed by atoms with E-state index in [-0.39, 0.29) is 24.7 Å². The summed E-state index contributed by atoms with van der Waals surface area (Å²) in [7, 11) is 0. The number of esters is 1. The van der Waals surface area contributed by atoms with Gasteiger partial charge in [0.15, 0.2) is 0 Å². The zero-order valence-electron chi connectivity index (χ0n) is 12.8. The van der Waals surface area contributed by atoms with Crippen molar-refractivity contribution < 1.29 is 14.5 Å². The highest BCUT2D eigenvalue weighted by molar-refractivity contribution is 5.85. The van der Waals surface area contributed by atoms with Crippen LogP contribution in [0.25, 0.3) is 10.8 Å². The zero-order chi connectivity index (χ0) is 16.9. The lowest BCUT2D eigenvalue weighted by molar-refractivity contribution is -0.384. The first-order valence-corrected chi connectivity index (χ1v) is 7.49. The second kappa shape index (κ2) is 6.91. The number of fused-ring (bicyclic) bond motifs is 1. The standard InChI is InChI=1S/C19H15NO4/c21-19(12-14-8-10-17(11-9-14)20(22)23)24-13-16-6-3-5-15-4-1-2-7-18(15)16/h1-11H,12-13H2. The molecular weight excluding hydrogens is 306 g/mol. The molecule has 0 amide bonds. The van der Waals surface area contributed by atoms with Crippen LogP contribution in [0.5, 0.6) is 0 Å². The molecule has 3 aromatic rings. The van der Waals surface area contributed by atoms with E-state index in [2.05, 4.69) is 0 Å². The van der Waals surface area contributed by atoms with E-state index >= 15 is 0 Å². The number of nitrogens with zero attached hydrogens (tertiary/aromatic N) is 1. The maximum absolute atomic E-state index is 12.0. The molecule has 0 aliphatic carbocycles. The first-order valence-electron chi connectivity index (χ1n) is 7.49. The summed E-state index contributed by atoms with van der Waals surface area (Å²) in [6, 6.07) is 19.7. The summed E-state index contributed by atoms with van der Waals surface area (Å²) in [4.78, 5) is 22.1. The topological polar surface area (TPSA) is 69.4 Å². The van der Waals surface area contributed by atoms with Crippen LogP contribution in [0.3, 0.4) is 0 Å². The summed E-state index contributed by atoms with van der Waals surface area (Å²) in [6.07, 6.45) is 0.0861. The number of non-ortho nitro benzene ring substituents is 1. The fraction of sp³-hybridized carbons (Fsp3) is 0.105. The van der Waals surface area contributed by atoms with E-state index in [0.717, 1.165) is 16.3 Å². The van der Waals surface area contributed by atoms with Crippen LogP contribution in [0.4, 0.5) is 5.69 Å². The molecule has 3 rings (SSSR count). The normalized spacial score (nSPS) is 10.5. The molecule has 3 aromatic carbocycles. The number of ether oxygens (including phenoxy) is 1. The number of hydrogen-bond donors (Lipinski definition) is 0. The molecule has 0 unspecified atom stereocenters. The Morgan fingerprint density at radius 3 is 2.42 bits per heavy atom. The number of benzene rings is 3. The largest absolute Gasteiger partial charge is 0.461 e. The van der Waals surface area contributed by atoms with Crippen molar-refractivity contribution in [1.82, 2.24) is 0 Å². The third-order valence-electron chi connectivity index (χ3n) is 3.76. The predicted molar refractivity (Wildman–Crippen MR) is 90.5 cm³/mol. The van der Waals surface area contributed by atoms with Crippen LogP contribution in [0.15, 0.2) is 66.7 Å². The maximum Gasteiger partial charge on any atom is 0.310 e. The van der Waals surface area contributed by atoms with Gasteiger partial charge >= 0.3 is 5.97 Å². The van der Waals surface area contributed by atoms with E-state index < -0.39 is 4.92 Å². The van der Waals surface area contributed by atoms with Gasteiger partial charge in [-0.1, -0.05) is 54.6 Å². The molecule has 0 aliphatic rings. The van der Waals surface area contributed by atoms with Gasteiger partial charge in [0.2, 0.25) is 0 Å². The molecule has 0 N–H and O–H groups in total. The SMILES string of the molecule is O=C(Cc1ccc([N+](=O)[O-])cc1)OCc1cccc2ccccc12. The molecule has 0 heterocycles. The number of carbonyl (C=O) groups is 1. The molecule has 0 aromatic heterocycles. The minimum atomic E-state index is -0.470. The molecule has 0 aliphatic heterocycles. The lowest BCUT2D eigenvalue weighted by Gasteiger charge is -2.08. The first-order chi connectivity index (χ1) is 11.6. The Bertz CT molecular complexity index is 882. The van der Waals surface area contributed by atoms with Crippen molar-refractivity contribution in [1.29, 1.82) is 0 Å². The van der Waals surface area contributed by atoms with E-state index in [0.29, 0.717) is 5.56 Å². The molecule has 0 atom stereocenters. The van der Waals surface area contributed by atoms with Crippen LogP contribution < -0.4 is 0 Å². The number of carbonyl (C=O) groups excluding carboxylic acids is 1. The summed E-state index contributed by atoms with van der Waals surface area (Å²) < 4.78 is 5.34. The molecule has 120 valence electrons. The van der Waals surface area contributed by atoms with Gasteiger partial charge in [0.1, 0.15) is 6.61 Å². The fourth-order valence-electron chi connectivity index (χ4n) is 2.53. The third-order valence-corrected chi connectivity index (χ3v) is 3.76. The number of nitro groups is 1. The monoisotopic (exact) mass is 321 g/mol. The molecule has 0 fully saturated rings. The molecule has 0 saturated carbocycles. The van der Waals surface area contributed by atoms with Gasteiger partial charge in [-0.3, -0.25) is 14.9 Å². The van der Waals surface area contributed by atoms with Crippen molar-refractivity contribution >= 4 is 22.4 Å². The zero-order valence-corrected chi connectivity index (χ0v) is 12.8. The molecule has 5 nitrogen and oxygen atoms in total. The van der Waals surface area contributed by atoms with Crippen LogP contribution >= 0.6 is 0 Å².